The number of ether oxygens (including phenoxy) is 1. The summed E-state index contributed by atoms with van der Waals surface area (Å²) in [5.41, 5.74) is 0.812. The minimum atomic E-state index is -0.451. The second-order valence-corrected chi connectivity index (χ2v) is 5.09. The molecule has 2 rings (SSSR count). The van der Waals surface area contributed by atoms with Crippen LogP contribution in [-0.2, 0) is 5.75 Å². The highest BCUT2D eigenvalue weighted by molar-refractivity contribution is 7.98. The van der Waals surface area contributed by atoms with Gasteiger partial charge < -0.3 is 9.84 Å². The molecule has 20 heavy (non-hydrogen) atoms. The highest BCUT2D eigenvalue weighted by Gasteiger charge is 2.15. The zero-order valence-electron chi connectivity index (χ0n) is 10.8. The lowest BCUT2D eigenvalue weighted by atomic mass is 10.2. The first-order valence-electron chi connectivity index (χ1n) is 5.83. The van der Waals surface area contributed by atoms with E-state index in [9.17, 15) is 15.2 Å². The summed E-state index contributed by atoms with van der Waals surface area (Å²) < 4.78 is 4.96. The molecule has 0 bridgehead atoms. The van der Waals surface area contributed by atoms with Gasteiger partial charge in [-0.25, -0.2) is 0 Å². The molecule has 0 atom stereocenters. The zero-order valence-corrected chi connectivity index (χ0v) is 11.6. The molecule has 0 saturated carbocycles. The number of benzene rings is 2. The summed E-state index contributed by atoms with van der Waals surface area (Å²) in [6.45, 7) is 0. The Morgan fingerprint density at radius 2 is 1.95 bits per heavy atom. The topological polar surface area (TPSA) is 72.6 Å². The van der Waals surface area contributed by atoms with Crippen LogP contribution in [0.5, 0.6) is 11.5 Å². The van der Waals surface area contributed by atoms with Gasteiger partial charge in [-0.05, 0) is 35.9 Å². The van der Waals surface area contributed by atoms with Crippen LogP contribution in [-0.4, -0.2) is 17.1 Å². The lowest BCUT2D eigenvalue weighted by Gasteiger charge is -2.05. The Bertz CT molecular complexity index is 613. The molecule has 6 heteroatoms. The van der Waals surface area contributed by atoms with Crippen LogP contribution in [0.4, 0.5) is 5.69 Å². The fraction of sp³-hybridized carbons (Fsp3) is 0.143. The van der Waals surface area contributed by atoms with Crippen LogP contribution in [0.25, 0.3) is 0 Å². The van der Waals surface area contributed by atoms with Crippen LogP contribution in [0.2, 0.25) is 0 Å². The van der Waals surface area contributed by atoms with E-state index in [-0.39, 0.29) is 17.2 Å². The molecular weight excluding hydrogens is 278 g/mol. The molecule has 0 aliphatic heterocycles. The Balaban J connectivity index is 2.11. The van der Waals surface area contributed by atoms with Gasteiger partial charge in [-0.15, -0.1) is 11.8 Å². The molecule has 0 aliphatic carbocycles. The van der Waals surface area contributed by atoms with Gasteiger partial charge in [-0.1, -0.05) is 6.07 Å². The van der Waals surface area contributed by atoms with Crippen molar-refractivity contribution in [3.63, 3.8) is 0 Å². The van der Waals surface area contributed by atoms with Gasteiger partial charge in [0.25, 0.3) is 0 Å². The van der Waals surface area contributed by atoms with Gasteiger partial charge in [-0.2, -0.15) is 0 Å². The summed E-state index contributed by atoms with van der Waals surface area (Å²) in [5.74, 6) is 1.08. The maximum atomic E-state index is 10.9. The summed E-state index contributed by atoms with van der Waals surface area (Å²) in [7, 11) is 1.41. The smallest absolute Gasteiger partial charge is 0.311 e. The third-order valence-electron chi connectivity index (χ3n) is 2.68. The van der Waals surface area contributed by atoms with Gasteiger partial charge in [0.05, 0.1) is 12.0 Å². The van der Waals surface area contributed by atoms with Crippen molar-refractivity contribution < 1.29 is 14.8 Å². The number of phenols is 1. The molecule has 0 aliphatic rings. The summed E-state index contributed by atoms with van der Waals surface area (Å²) in [4.78, 5) is 11.5. The van der Waals surface area contributed by atoms with E-state index in [1.807, 2.05) is 0 Å². The molecule has 0 spiro atoms. The minimum absolute atomic E-state index is 0.0312. The van der Waals surface area contributed by atoms with Gasteiger partial charge in [0.2, 0.25) is 0 Å². The van der Waals surface area contributed by atoms with Gasteiger partial charge in [0.15, 0.2) is 5.75 Å². The van der Waals surface area contributed by atoms with Crippen molar-refractivity contribution in [3.05, 3.63) is 58.1 Å². The zero-order chi connectivity index (χ0) is 14.5. The number of thioether (sulfide) groups is 1. The average molecular weight is 291 g/mol. The van der Waals surface area contributed by atoms with Crippen molar-refractivity contribution in [1.29, 1.82) is 0 Å². The van der Waals surface area contributed by atoms with Gasteiger partial charge >= 0.3 is 5.69 Å². The number of hydrogen-bond acceptors (Lipinski definition) is 5. The number of methoxy groups -OCH3 is 1. The molecular formula is C14H13NO4S. The van der Waals surface area contributed by atoms with Crippen molar-refractivity contribution in [2.24, 2.45) is 0 Å². The van der Waals surface area contributed by atoms with E-state index < -0.39 is 4.92 Å². The average Bonchev–Trinajstić information content (AvgIpc) is 2.46. The number of nitro groups is 1. The quantitative estimate of drug-likeness (QED) is 0.517. The van der Waals surface area contributed by atoms with Gasteiger partial charge in [0.1, 0.15) is 5.75 Å². The van der Waals surface area contributed by atoms with E-state index in [0.29, 0.717) is 5.75 Å². The Morgan fingerprint density at radius 3 is 2.55 bits per heavy atom. The Labute approximate surface area is 120 Å². The summed E-state index contributed by atoms with van der Waals surface area (Å²) in [6, 6.07) is 11.8. The molecule has 1 N–H and O–H groups in total. The fourth-order valence-corrected chi connectivity index (χ4v) is 2.52. The standard InChI is InChI=1S/C14H13NO4S/c1-19-14-7-2-10(8-13(14)15(17)18)9-20-12-5-3-11(16)4-6-12/h2-8,16H,9H2,1H3. The fourth-order valence-electron chi connectivity index (χ4n) is 1.68. The number of hydrogen-bond donors (Lipinski definition) is 1. The normalized spacial score (nSPS) is 10.2. The van der Waals surface area contributed by atoms with E-state index in [4.69, 9.17) is 4.74 Å². The first-order chi connectivity index (χ1) is 9.60. The van der Waals surface area contributed by atoms with E-state index in [1.165, 1.54) is 13.2 Å². The third kappa shape index (κ3) is 3.42. The summed E-state index contributed by atoms with van der Waals surface area (Å²) >= 11 is 1.54. The number of rotatable bonds is 5. The van der Waals surface area contributed by atoms with E-state index in [0.717, 1.165) is 10.5 Å². The van der Waals surface area contributed by atoms with E-state index in [2.05, 4.69) is 0 Å². The van der Waals surface area contributed by atoms with Crippen molar-refractivity contribution in [1.82, 2.24) is 0 Å². The molecule has 0 aromatic heterocycles. The maximum Gasteiger partial charge on any atom is 0.311 e. The van der Waals surface area contributed by atoms with Crippen LogP contribution in [0.3, 0.4) is 0 Å². The molecule has 104 valence electrons. The first-order valence-corrected chi connectivity index (χ1v) is 6.82. The molecule has 0 unspecified atom stereocenters. The Kier molecular flexibility index (Phi) is 4.47. The predicted octanol–water partition coefficient (Wildman–Crippen LogP) is 3.60. The number of nitrogens with zero attached hydrogens (tertiary/aromatic N) is 1. The number of nitro benzene ring substituents is 1. The Hall–Kier alpha value is -2.21. The van der Waals surface area contributed by atoms with Crippen LogP contribution >= 0.6 is 11.8 Å². The maximum absolute atomic E-state index is 10.9. The summed E-state index contributed by atoms with van der Waals surface area (Å²) in [5, 5.41) is 20.1. The highest BCUT2D eigenvalue weighted by Crippen LogP contribution is 2.31. The second-order valence-electron chi connectivity index (χ2n) is 4.05. The number of aromatic hydroxyl groups is 1. The molecule has 2 aromatic carbocycles. The van der Waals surface area contributed by atoms with Crippen LogP contribution in [0.1, 0.15) is 5.56 Å². The lowest BCUT2D eigenvalue weighted by molar-refractivity contribution is -0.385. The molecule has 2 aromatic rings. The van der Waals surface area contributed by atoms with E-state index in [1.54, 1.807) is 48.2 Å². The second kappa shape index (κ2) is 6.29. The third-order valence-corrected chi connectivity index (χ3v) is 3.77. The van der Waals surface area contributed by atoms with Crippen molar-refractivity contribution in [2.75, 3.05) is 7.11 Å². The minimum Gasteiger partial charge on any atom is -0.508 e. The van der Waals surface area contributed by atoms with Crippen molar-refractivity contribution in [3.8, 4) is 11.5 Å². The monoisotopic (exact) mass is 291 g/mol. The number of phenolic OH excluding ortho intramolecular Hbond substituents is 1. The van der Waals surface area contributed by atoms with E-state index >= 15 is 0 Å². The molecule has 0 saturated heterocycles. The Morgan fingerprint density at radius 1 is 1.25 bits per heavy atom. The van der Waals surface area contributed by atoms with Gasteiger partial charge in [0, 0.05) is 16.7 Å². The van der Waals surface area contributed by atoms with Crippen molar-refractivity contribution >= 4 is 17.4 Å². The molecule has 0 fully saturated rings. The van der Waals surface area contributed by atoms with Crippen LogP contribution in [0, 0.1) is 10.1 Å². The van der Waals surface area contributed by atoms with Crippen molar-refractivity contribution in [2.45, 2.75) is 10.6 Å². The predicted molar refractivity (Wildman–Crippen MR) is 77.3 cm³/mol. The van der Waals surface area contributed by atoms with Crippen LogP contribution in [0.15, 0.2) is 47.4 Å². The summed E-state index contributed by atoms with van der Waals surface area (Å²) in [6.07, 6.45) is 0. The highest BCUT2D eigenvalue weighted by atomic mass is 32.2. The SMILES string of the molecule is COc1ccc(CSc2ccc(O)cc2)cc1[N+](=O)[O-]. The molecule has 0 amide bonds. The lowest BCUT2D eigenvalue weighted by Crippen LogP contribution is -1.95. The van der Waals surface area contributed by atoms with Gasteiger partial charge in [-0.3, -0.25) is 10.1 Å². The largest absolute Gasteiger partial charge is 0.508 e. The molecule has 5 nitrogen and oxygen atoms in total. The molecule has 0 radical (unpaired) electrons. The molecule has 0 heterocycles. The first kappa shape index (κ1) is 14.2. The van der Waals surface area contributed by atoms with Crippen LogP contribution < -0.4 is 4.74 Å².